The minimum absolute atomic E-state index is 0.157. The van der Waals surface area contributed by atoms with Gasteiger partial charge >= 0.3 is 0 Å². The molecule has 0 spiro atoms. The molecule has 0 atom stereocenters. The predicted octanol–water partition coefficient (Wildman–Crippen LogP) is 2.78. The number of halogens is 1. The zero-order chi connectivity index (χ0) is 19.4. The number of hydrazine groups is 1. The summed E-state index contributed by atoms with van der Waals surface area (Å²) in [6, 6.07) is 10.1. The molecule has 0 aliphatic carbocycles. The van der Waals surface area contributed by atoms with Crippen molar-refractivity contribution < 1.29 is 14.1 Å². The van der Waals surface area contributed by atoms with E-state index in [-0.39, 0.29) is 23.0 Å². The van der Waals surface area contributed by atoms with Gasteiger partial charge in [0.25, 0.3) is 11.6 Å². The highest BCUT2D eigenvalue weighted by Gasteiger charge is 2.21. The summed E-state index contributed by atoms with van der Waals surface area (Å²) in [5.74, 6) is -0.745. The molecule has 9 heteroatoms. The number of rotatable bonds is 5. The molecule has 7 nitrogen and oxygen atoms in total. The van der Waals surface area contributed by atoms with Gasteiger partial charge in [0.15, 0.2) is 0 Å². The van der Waals surface area contributed by atoms with Crippen molar-refractivity contribution >= 4 is 23.4 Å². The van der Waals surface area contributed by atoms with Crippen LogP contribution < -0.4 is 5.43 Å². The smallest absolute Gasteiger partial charge is 0.284 e. The molecule has 2 aromatic carbocycles. The molecular weight excluding hydrogens is 371 g/mol. The van der Waals surface area contributed by atoms with Crippen LogP contribution in [0.3, 0.4) is 0 Å². The highest BCUT2D eigenvalue weighted by Crippen LogP contribution is 2.35. The van der Waals surface area contributed by atoms with Crippen molar-refractivity contribution in [2.45, 2.75) is 9.79 Å². The number of hydrogen-bond donors (Lipinski definition) is 1. The number of nitrogens with one attached hydrogen (secondary N) is 1. The fourth-order valence-electron chi connectivity index (χ4n) is 2.64. The number of hydrogen-bond acceptors (Lipinski definition) is 6. The molecule has 142 valence electrons. The first-order chi connectivity index (χ1) is 12.9. The van der Waals surface area contributed by atoms with E-state index in [1.165, 1.54) is 18.2 Å². The van der Waals surface area contributed by atoms with Gasteiger partial charge in [-0.3, -0.25) is 20.3 Å². The van der Waals surface area contributed by atoms with Crippen LogP contribution in [0.15, 0.2) is 52.3 Å². The first-order valence-electron chi connectivity index (χ1n) is 8.39. The van der Waals surface area contributed by atoms with Crippen molar-refractivity contribution in [1.82, 2.24) is 15.3 Å². The number of benzene rings is 2. The summed E-state index contributed by atoms with van der Waals surface area (Å²) in [6.07, 6.45) is 0. The van der Waals surface area contributed by atoms with Crippen molar-refractivity contribution in [3.8, 4) is 0 Å². The Balaban J connectivity index is 1.75. The van der Waals surface area contributed by atoms with Gasteiger partial charge < -0.3 is 4.90 Å². The van der Waals surface area contributed by atoms with Crippen LogP contribution in [0, 0.1) is 15.9 Å². The van der Waals surface area contributed by atoms with Gasteiger partial charge in [0, 0.05) is 42.7 Å². The number of carbonyl (C=O) groups is 1. The van der Waals surface area contributed by atoms with Gasteiger partial charge in [-0.1, -0.05) is 11.8 Å². The quantitative estimate of drug-likeness (QED) is 0.625. The number of carbonyl (C=O) groups excluding carboxylic acids is 1. The van der Waals surface area contributed by atoms with Gasteiger partial charge in [0.05, 0.1) is 9.82 Å². The lowest BCUT2D eigenvalue weighted by molar-refractivity contribution is -0.387. The van der Waals surface area contributed by atoms with Crippen LogP contribution in [0.5, 0.6) is 0 Å². The zero-order valence-electron chi connectivity index (χ0n) is 14.7. The predicted molar refractivity (Wildman–Crippen MR) is 100 cm³/mol. The maximum absolute atomic E-state index is 13.0. The van der Waals surface area contributed by atoms with Gasteiger partial charge in [-0.25, -0.2) is 9.40 Å². The van der Waals surface area contributed by atoms with Crippen LogP contribution in [0.4, 0.5) is 10.1 Å². The molecule has 2 aromatic rings. The number of piperazine rings is 1. The Bertz CT molecular complexity index is 839. The van der Waals surface area contributed by atoms with E-state index >= 15 is 0 Å². The molecule has 0 aromatic heterocycles. The third kappa shape index (κ3) is 5.03. The van der Waals surface area contributed by atoms with Crippen LogP contribution in [0.1, 0.15) is 10.4 Å². The van der Waals surface area contributed by atoms with Crippen molar-refractivity contribution in [2.75, 3.05) is 33.2 Å². The van der Waals surface area contributed by atoms with E-state index in [1.54, 1.807) is 24.3 Å². The minimum Gasteiger partial charge on any atom is -0.304 e. The molecule has 1 saturated heterocycles. The molecule has 1 aliphatic heterocycles. The van der Waals surface area contributed by atoms with Crippen LogP contribution in [-0.4, -0.2) is 54.0 Å². The second-order valence-corrected chi connectivity index (χ2v) is 7.34. The lowest BCUT2D eigenvalue weighted by atomic mass is 10.2. The SMILES string of the molecule is CN1CCN(NC(=O)c2ccc(Sc3ccc(F)cc3)c([N+](=O)[O-])c2)CC1. The fourth-order valence-corrected chi connectivity index (χ4v) is 3.54. The molecule has 1 aliphatic rings. The van der Waals surface area contributed by atoms with E-state index in [0.29, 0.717) is 22.9 Å². The number of nitro benzene ring substituents is 1. The average molecular weight is 390 g/mol. The monoisotopic (exact) mass is 390 g/mol. The van der Waals surface area contributed by atoms with Gasteiger partial charge in [-0.15, -0.1) is 0 Å². The lowest BCUT2D eigenvalue weighted by Gasteiger charge is -2.32. The first-order valence-corrected chi connectivity index (χ1v) is 9.20. The van der Waals surface area contributed by atoms with Gasteiger partial charge in [0.1, 0.15) is 5.82 Å². The number of nitro groups is 1. The second kappa shape index (κ2) is 8.47. The molecule has 0 radical (unpaired) electrons. The first kappa shape index (κ1) is 19.3. The molecule has 1 fully saturated rings. The highest BCUT2D eigenvalue weighted by molar-refractivity contribution is 7.99. The third-order valence-corrected chi connectivity index (χ3v) is 5.30. The summed E-state index contributed by atoms with van der Waals surface area (Å²) in [6.45, 7) is 3.08. The van der Waals surface area contributed by atoms with E-state index in [4.69, 9.17) is 0 Å². The Hall–Kier alpha value is -2.49. The zero-order valence-corrected chi connectivity index (χ0v) is 15.5. The molecule has 1 amide bonds. The molecule has 1 N–H and O–H groups in total. The highest BCUT2D eigenvalue weighted by atomic mass is 32.2. The van der Waals surface area contributed by atoms with Crippen molar-refractivity contribution in [3.63, 3.8) is 0 Å². The third-order valence-electron chi connectivity index (χ3n) is 4.22. The van der Waals surface area contributed by atoms with Crippen LogP contribution in [-0.2, 0) is 0 Å². The summed E-state index contributed by atoms with van der Waals surface area (Å²) >= 11 is 1.15. The molecule has 0 saturated carbocycles. The van der Waals surface area contributed by atoms with Crippen LogP contribution >= 0.6 is 11.8 Å². The number of likely N-dealkylation sites (N-methyl/N-ethyl adjacent to an activating group) is 1. The van der Waals surface area contributed by atoms with Crippen LogP contribution in [0.2, 0.25) is 0 Å². The van der Waals surface area contributed by atoms with Crippen molar-refractivity contribution in [1.29, 1.82) is 0 Å². The van der Waals surface area contributed by atoms with E-state index in [9.17, 15) is 19.3 Å². The lowest BCUT2D eigenvalue weighted by Crippen LogP contribution is -2.52. The summed E-state index contributed by atoms with van der Waals surface area (Å²) in [5.41, 5.74) is 2.86. The topological polar surface area (TPSA) is 78.7 Å². The van der Waals surface area contributed by atoms with E-state index in [1.807, 2.05) is 12.1 Å². The average Bonchev–Trinajstić information content (AvgIpc) is 2.65. The number of nitrogens with zero attached hydrogens (tertiary/aromatic N) is 3. The Morgan fingerprint density at radius 2 is 1.81 bits per heavy atom. The maximum Gasteiger partial charge on any atom is 0.284 e. The summed E-state index contributed by atoms with van der Waals surface area (Å²) in [4.78, 5) is 26.6. The Morgan fingerprint density at radius 3 is 2.44 bits per heavy atom. The fraction of sp³-hybridized carbons (Fsp3) is 0.278. The molecule has 27 heavy (non-hydrogen) atoms. The minimum atomic E-state index is -0.515. The summed E-state index contributed by atoms with van der Waals surface area (Å²) in [7, 11) is 2.01. The van der Waals surface area contributed by atoms with Crippen LogP contribution in [0.25, 0.3) is 0 Å². The van der Waals surface area contributed by atoms with E-state index < -0.39 is 4.92 Å². The number of amides is 1. The standard InChI is InChI=1S/C18H19FN4O3S/c1-21-8-10-22(11-9-21)20-18(24)13-2-7-17(16(12-13)23(25)26)27-15-5-3-14(19)4-6-15/h2-7,12H,8-11H2,1H3,(H,20,24). The Morgan fingerprint density at radius 1 is 1.15 bits per heavy atom. The van der Waals surface area contributed by atoms with Gasteiger partial charge in [-0.05, 0) is 43.4 Å². The normalized spacial score (nSPS) is 15.5. The van der Waals surface area contributed by atoms with E-state index in [2.05, 4.69) is 10.3 Å². The van der Waals surface area contributed by atoms with E-state index in [0.717, 1.165) is 24.9 Å². The van der Waals surface area contributed by atoms with Crippen molar-refractivity contribution in [2.24, 2.45) is 0 Å². The largest absolute Gasteiger partial charge is 0.304 e. The molecule has 3 rings (SSSR count). The van der Waals surface area contributed by atoms with Gasteiger partial charge in [-0.2, -0.15) is 0 Å². The molecular formula is C18H19FN4O3S. The summed E-state index contributed by atoms with van der Waals surface area (Å²) in [5, 5.41) is 13.3. The molecule has 0 bridgehead atoms. The van der Waals surface area contributed by atoms with Gasteiger partial charge in [0.2, 0.25) is 0 Å². The summed E-state index contributed by atoms with van der Waals surface area (Å²) < 4.78 is 13.0. The second-order valence-electron chi connectivity index (χ2n) is 6.23. The maximum atomic E-state index is 13.0. The molecule has 0 unspecified atom stereocenters. The van der Waals surface area contributed by atoms with Crippen molar-refractivity contribution in [3.05, 3.63) is 64.0 Å². The molecule has 1 heterocycles. The Kier molecular flexibility index (Phi) is 6.04. The Labute approximate surface area is 160 Å².